The molecule has 3 rings (SSSR count). The van der Waals surface area contributed by atoms with E-state index in [1.807, 2.05) is 35.2 Å². The van der Waals surface area contributed by atoms with Gasteiger partial charge in [0.25, 0.3) is 11.6 Å². The lowest BCUT2D eigenvalue weighted by atomic mass is 10.2. The quantitative estimate of drug-likeness (QED) is 0.401. The zero-order valence-corrected chi connectivity index (χ0v) is 15.0. The van der Waals surface area contributed by atoms with Gasteiger partial charge < -0.3 is 14.6 Å². The summed E-state index contributed by atoms with van der Waals surface area (Å²) in [6.07, 6.45) is 3.69. The van der Waals surface area contributed by atoms with Gasteiger partial charge in [-0.1, -0.05) is 12.1 Å². The average Bonchev–Trinajstić information content (AvgIpc) is 3.22. The summed E-state index contributed by atoms with van der Waals surface area (Å²) >= 11 is 0. The Bertz CT molecular complexity index is 1030. The molecule has 0 fully saturated rings. The first-order chi connectivity index (χ1) is 13.4. The molecule has 0 saturated heterocycles. The zero-order chi connectivity index (χ0) is 20.1. The highest BCUT2D eigenvalue weighted by Crippen LogP contribution is 2.21. The van der Waals surface area contributed by atoms with E-state index >= 15 is 0 Å². The highest BCUT2D eigenvalue weighted by atomic mass is 16.6. The van der Waals surface area contributed by atoms with Crippen LogP contribution in [0.4, 0.5) is 11.4 Å². The predicted molar refractivity (Wildman–Crippen MR) is 103 cm³/mol. The molecule has 2 aromatic carbocycles. The number of aromatic nitrogens is 1. The lowest BCUT2D eigenvalue weighted by Gasteiger charge is -2.09. The summed E-state index contributed by atoms with van der Waals surface area (Å²) < 4.78 is 6.90. The normalized spacial score (nSPS) is 10.3. The molecule has 1 N–H and O–H groups in total. The fourth-order valence-corrected chi connectivity index (χ4v) is 2.56. The number of amides is 1. The van der Waals surface area contributed by atoms with Crippen molar-refractivity contribution in [3.8, 4) is 5.69 Å². The van der Waals surface area contributed by atoms with Crippen LogP contribution in [0, 0.1) is 17.0 Å². The van der Waals surface area contributed by atoms with Crippen LogP contribution in [0.5, 0.6) is 0 Å². The monoisotopic (exact) mass is 379 g/mol. The van der Waals surface area contributed by atoms with Gasteiger partial charge in [-0.3, -0.25) is 14.9 Å². The third-order valence-electron chi connectivity index (χ3n) is 4.02. The zero-order valence-electron chi connectivity index (χ0n) is 15.0. The van der Waals surface area contributed by atoms with Crippen LogP contribution in [0.2, 0.25) is 0 Å². The molecule has 0 atom stereocenters. The van der Waals surface area contributed by atoms with E-state index in [0.29, 0.717) is 16.8 Å². The number of hydrogen-bond donors (Lipinski definition) is 1. The molecule has 3 aromatic rings. The van der Waals surface area contributed by atoms with Crippen LogP contribution in [0.25, 0.3) is 5.69 Å². The molecule has 0 aliphatic rings. The summed E-state index contributed by atoms with van der Waals surface area (Å²) in [7, 11) is 0. The molecule has 1 heterocycles. The van der Waals surface area contributed by atoms with E-state index in [0.717, 1.165) is 5.69 Å². The smallest absolute Gasteiger partial charge is 0.338 e. The summed E-state index contributed by atoms with van der Waals surface area (Å²) in [5.74, 6) is -1.22. The van der Waals surface area contributed by atoms with E-state index in [4.69, 9.17) is 4.74 Å². The highest BCUT2D eigenvalue weighted by molar-refractivity contribution is 5.96. The second-order valence-corrected chi connectivity index (χ2v) is 6.02. The van der Waals surface area contributed by atoms with Crippen molar-refractivity contribution in [1.82, 2.24) is 4.57 Å². The Hall–Kier alpha value is -3.94. The number of aryl methyl sites for hydroxylation is 1. The predicted octanol–water partition coefficient (Wildman–Crippen LogP) is 3.49. The summed E-state index contributed by atoms with van der Waals surface area (Å²) in [5, 5.41) is 13.4. The number of esters is 1. The maximum Gasteiger partial charge on any atom is 0.338 e. The first-order valence-electron chi connectivity index (χ1n) is 8.39. The Balaban J connectivity index is 1.62. The SMILES string of the molecule is Cc1ccc([N+](=O)[O-])cc1NC(=O)COC(=O)c1cccc(-n2cccc2)c1. The van der Waals surface area contributed by atoms with Crippen LogP contribution in [0.1, 0.15) is 15.9 Å². The summed E-state index contributed by atoms with van der Waals surface area (Å²) in [5.41, 5.74) is 1.91. The highest BCUT2D eigenvalue weighted by Gasteiger charge is 2.14. The van der Waals surface area contributed by atoms with Gasteiger partial charge in [0.1, 0.15) is 0 Å². The molecule has 0 bridgehead atoms. The fraction of sp³-hybridized carbons (Fsp3) is 0.100. The second kappa shape index (κ2) is 8.17. The number of nitro benzene ring substituents is 1. The van der Waals surface area contributed by atoms with Crippen LogP contribution in [-0.4, -0.2) is 28.0 Å². The molecule has 8 heteroatoms. The molecule has 1 aromatic heterocycles. The summed E-state index contributed by atoms with van der Waals surface area (Å²) in [6.45, 7) is 1.20. The van der Waals surface area contributed by atoms with Crippen LogP contribution in [0.15, 0.2) is 67.0 Å². The number of nitrogens with zero attached hydrogens (tertiary/aromatic N) is 2. The van der Waals surface area contributed by atoms with Gasteiger partial charge in [-0.25, -0.2) is 4.79 Å². The molecular weight excluding hydrogens is 362 g/mol. The number of nitrogens with one attached hydrogen (secondary N) is 1. The van der Waals surface area contributed by atoms with Gasteiger partial charge in [0.2, 0.25) is 0 Å². The Morgan fingerprint density at radius 3 is 2.57 bits per heavy atom. The minimum absolute atomic E-state index is 0.139. The molecule has 0 spiro atoms. The number of ether oxygens (including phenoxy) is 1. The molecule has 0 saturated carbocycles. The summed E-state index contributed by atoms with van der Waals surface area (Å²) in [6, 6.07) is 14.7. The lowest BCUT2D eigenvalue weighted by Crippen LogP contribution is -2.21. The van der Waals surface area contributed by atoms with Crippen molar-refractivity contribution in [1.29, 1.82) is 0 Å². The Morgan fingerprint density at radius 1 is 1.11 bits per heavy atom. The van der Waals surface area contributed by atoms with Gasteiger partial charge in [0.15, 0.2) is 6.61 Å². The number of non-ortho nitro benzene ring substituents is 1. The lowest BCUT2D eigenvalue weighted by molar-refractivity contribution is -0.384. The number of carbonyl (C=O) groups excluding carboxylic acids is 2. The third-order valence-corrected chi connectivity index (χ3v) is 4.02. The van der Waals surface area contributed by atoms with Crippen molar-refractivity contribution in [2.75, 3.05) is 11.9 Å². The van der Waals surface area contributed by atoms with Crippen molar-refractivity contribution in [2.24, 2.45) is 0 Å². The van der Waals surface area contributed by atoms with Gasteiger partial charge in [0, 0.05) is 30.2 Å². The van der Waals surface area contributed by atoms with Gasteiger partial charge >= 0.3 is 5.97 Å². The molecule has 0 radical (unpaired) electrons. The first-order valence-corrected chi connectivity index (χ1v) is 8.39. The molecule has 1 amide bonds. The number of rotatable bonds is 6. The van der Waals surface area contributed by atoms with E-state index in [9.17, 15) is 19.7 Å². The van der Waals surface area contributed by atoms with Gasteiger partial charge in [0.05, 0.1) is 16.2 Å². The number of hydrogen-bond acceptors (Lipinski definition) is 5. The minimum atomic E-state index is -0.639. The van der Waals surface area contributed by atoms with Crippen LogP contribution >= 0.6 is 0 Å². The maximum absolute atomic E-state index is 12.2. The summed E-state index contributed by atoms with van der Waals surface area (Å²) in [4.78, 5) is 34.6. The minimum Gasteiger partial charge on any atom is -0.452 e. The Labute approximate surface area is 160 Å². The topological polar surface area (TPSA) is 103 Å². The second-order valence-electron chi connectivity index (χ2n) is 6.02. The standard InChI is InChI=1S/C20H17N3O5/c1-14-7-8-17(23(26)27)12-18(14)21-19(24)13-28-20(25)15-5-4-6-16(11-15)22-9-2-3-10-22/h2-12H,13H2,1H3,(H,21,24). The molecule has 0 aliphatic carbocycles. The van der Waals surface area contributed by atoms with Crippen molar-refractivity contribution < 1.29 is 19.2 Å². The molecule has 142 valence electrons. The van der Waals surface area contributed by atoms with E-state index in [1.165, 1.54) is 18.2 Å². The Kier molecular flexibility index (Phi) is 5.50. The van der Waals surface area contributed by atoms with Gasteiger partial charge in [-0.05, 0) is 42.8 Å². The van der Waals surface area contributed by atoms with E-state index in [2.05, 4.69) is 5.32 Å². The van der Waals surface area contributed by atoms with Gasteiger partial charge in [-0.2, -0.15) is 0 Å². The maximum atomic E-state index is 12.2. The number of nitro groups is 1. The van der Waals surface area contributed by atoms with Crippen LogP contribution in [-0.2, 0) is 9.53 Å². The van der Waals surface area contributed by atoms with Crippen molar-refractivity contribution in [3.63, 3.8) is 0 Å². The van der Waals surface area contributed by atoms with Crippen molar-refractivity contribution in [2.45, 2.75) is 6.92 Å². The molecule has 0 unspecified atom stereocenters. The average molecular weight is 379 g/mol. The Morgan fingerprint density at radius 2 is 1.86 bits per heavy atom. The largest absolute Gasteiger partial charge is 0.452 e. The van der Waals surface area contributed by atoms with E-state index in [1.54, 1.807) is 25.1 Å². The molecular formula is C20H17N3O5. The molecule has 8 nitrogen and oxygen atoms in total. The first kappa shape index (κ1) is 18.8. The number of benzene rings is 2. The molecule has 28 heavy (non-hydrogen) atoms. The number of anilines is 1. The van der Waals surface area contributed by atoms with Crippen molar-refractivity contribution in [3.05, 3.63) is 88.2 Å². The number of carbonyl (C=O) groups is 2. The van der Waals surface area contributed by atoms with Crippen LogP contribution < -0.4 is 5.32 Å². The van der Waals surface area contributed by atoms with Crippen molar-refractivity contribution >= 4 is 23.3 Å². The van der Waals surface area contributed by atoms with E-state index < -0.39 is 23.4 Å². The van der Waals surface area contributed by atoms with Gasteiger partial charge in [-0.15, -0.1) is 0 Å². The third kappa shape index (κ3) is 4.42. The van der Waals surface area contributed by atoms with Crippen LogP contribution in [0.3, 0.4) is 0 Å². The fourth-order valence-electron chi connectivity index (χ4n) is 2.56. The molecule has 0 aliphatic heterocycles. The van der Waals surface area contributed by atoms with E-state index in [-0.39, 0.29) is 5.69 Å².